The molecule has 1 aromatic heterocycles. The number of thiophene rings is 1. The van der Waals surface area contributed by atoms with Gasteiger partial charge in [-0.15, -0.1) is 11.3 Å². The van der Waals surface area contributed by atoms with Crippen molar-refractivity contribution in [2.75, 3.05) is 0 Å². The zero-order valence-corrected chi connectivity index (χ0v) is 10.8. The normalized spacial score (nSPS) is 13.4. The summed E-state index contributed by atoms with van der Waals surface area (Å²) in [7, 11) is -3.76. The van der Waals surface area contributed by atoms with Crippen LogP contribution in [0, 0.1) is 0 Å². The molecule has 0 spiro atoms. The lowest BCUT2D eigenvalue weighted by Gasteiger charge is -2.08. The van der Waals surface area contributed by atoms with Crippen molar-refractivity contribution in [3.8, 4) is 5.75 Å². The van der Waals surface area contributed by atoms with Crippen LogP contribution in [0.15, 0.2) is 40.6 Å². The number of nitrogens with two attached hydrogens (primary N) is 1. The van der Waals surface area contributed by atoms with Gasteiger partial charge in [0.25, 0.3) is 0 Å². The molecule has 1 heterocycles. The average molecular weight is 285 g/mol. The number of phenols is 1. The predicted molar refractivity (Wildman–Crippen MR) is 67.9 cm³/mol. The van der Waals surface area contributed by atoms with Gasteiger partial charge in [-0.05, 0) is 23.8 Å². The molecule has 2 rings (SSSR count). The fourth-order valence-electron chi connectivity index (χ4n) is 1.49. The van der Waals surface area contributed by atoms with Gasteiger partial charge in [0.15, 0.2) is 0 Å². The lowest BCUT2D eigenvalue weighted by Crippen LogP contribution is -2.10. The fourth-order valence-corrected chi connectivity index (χ4v) is 3.31. The van der Waals surface area contributed by atoms with Crippen LogP contribution in [0.2, 0.25) is 0 Å². The highest BCUT2D eigenvalue weighted by Gasteiger charge is 2.17. The fraction of sp³-hybridized carbons (Fsp3) is 0.0909. The Labute approximate surface area is 108 Å². The molecule has 0 aliphatic carbocycles. The number of phenolic OH excluding ortho intramolecular Hbond substituents is 1. The summed E-state index contributed by atoms with van der Waals surface area (Å²) in [6.45, 7) is 0. The summed E-state index contributed by atoms with van der Waals surface area (Å²) in [5, 5.41) is 25.7. The standard InChI is InChI=1S/C11H11NO4S2/c12-18(15,16)9-5-10(17-6-9)11(14)7-2-1-3-8(13)4-7/h1-6,11,13-14H,(H2,12,15,16). The van der Waals surface area contributed by atoms with Gasteiger partial charge in [0, 0.05) is 10.3 Å². The molecule has 1 atom stereocenters. The third-order valence-corrected chi connectivity index (χ3v) is 4.41. The van der Waals surface area contributed by atoms with E-state index in [-0.39, 0.29) is 10.6 Å². The van der Waals surface area contributed by atoms with Gasteiger partial charge in [-0.25, -0.2) is 13.6 Å². The molecule has 0 radical (unpaired) electrons. The number of hydrogen-bond donors (Lipinski definition) is 3. The Hall–Kier alpha value is -1.41. The predicted octanol–water partition coefficient (Wildman–Crippen LogP) is 1.18. The highest BCUT2D eigenvalue weighted by molar-refractivity contribution is 7.89. The Bertz CT molecular complexity index is 663. The Morgan fingerprint density at radius 3 is 2.56 bits per heavy atom. The first-order valence-corrected chi connectivity index (χ1v) is 7.39. The molecule has 96 valence electrons. The maximum absolute atomic E-state index is 11.1. The lowest BCUT2D eigenvalue weighted by molar-refractivity contribution is 0.223. The molecule has 2 aromatic rings. The first-order valence-electron chi connectivity index (χ1n) is 4.96. The molecular formula is C11H11NO4S2. The van der Waals surface area contributed by atoms with E-state index in [0.717, 1.165) is 11.3 Å². The number of primary sulfonamides is 1. The van der Waals surface area contributed by atoms with Crippen molar-refractivity contribution in [3.63, 3.8) is 0 Å². The van der Waals surface area contributed by atoms with Gasteiger partial charge in [0.2, 0.25) is 10.0 Å². The largest absolute Gasteiger partial charge is 0.508 e. The van der Waals surface area contributed by atoms with Crippen molar-refractivity contribution in [2.45, 2.75) is 11.0 Å². The molecule has 5 nitrogen and oxygen atoms in total. The number of aliphatic hydroxyl groups is 1. The van der Waals surface area contributed by atoms with Gasteiger partial charge in [-0.1, -0.05) is 12.1 Å². The Morgan fingerprint density at radius 2 is 2.00 bits per heavy atom. The van der Waals surface area contributed by atoms with Crippen molar-refractivity contribution >= 4 is 21.4 Å². The second kappa shape index (κ2) is 4.69. The topological polar surface area (TPSA) is 101 Å². The molecule has 18 heavy (non-hydrogen) atoms. The Balaban J connectivity index is 2.35. The average Bonchev–Trinajstić information content (AvgIpc) is 2.77. The van der Waals surface area contributed by atoms with Crippen LogP contribution >= 0.6 is 11.3 Å². The second-order valence-corrected chi connectivity index (χ2v) is 6.23. The molecular weight excluding hydrogens is 274 g/mol. The number of sulfonamides is 1. The van der Waals surface area contributed by atoms with E-state index in [2.05, 4.69) is 0 Å². The van der Waals surface area contributed by atoms with Crippen molar-refractivity contribution in [1.82, 2.24) is 0 Å². The first kappa shape index (κ1) is 13.0. The molecule has 0 aliphatic rings. The molecule has 1 unspecified atom stereocenters. The van der Waals surface area contributed by atoms with E-state index < -0.39 is 16.1 Å². The second-order valence-electron chi connectivity index (χ2n) is 3.73. The van der Waals surface area contributed by atoms with Crippen LogP contribution in [0.5, 0.6) is 5.75 Å². The maximum atomic E-state index is 11.1. The minimum atomic E-state index is -3.76. The first-order chi connectivity index (χ1) is 8.38. The van der Waals surface area contributed by atoms with E-state index in [0.29, 0.717) is 10.4 Å². The van der Waals surface area contributed by atoms with Gasteiger partial charge in [0.05, 0.1) is 4.90 Å². The molecule has 0 bridgehead atoms. The number of hydrogen-bond acceptors (Lipinski definition) is 5. The Morgan fingerprint density at radius 1 is 1.28 bits per heavy atom. The van der Waals surface area contributed by atoms with Gasteiger partial charge in [-0.2, -0.15) is 0 Å². The zero-order valence-electron chi connectivity index (χ0n) is 9.15. The van der Waals surface area contributed by atoms with E-state index >= 15 is 0 Å². The van der Waals surface area contributed by atoms with E-state index in [1.54, 1.807) is 12.1 Å². The zero-order chi connectivity index (χ0) is 13.3. The van der Waals surface area contributed by atoms with E-state index in [1.807, 2.05) is 0 Å². The number of aliphatic hydroxyl groups excluding tert-OH is 1. The summed E-state index contributed by atoms with van der Waals surface area (Å²) in [5.41, 5.74) is 0.484. The SMILES string of the molecule is NS(=O)(=O)c1csc(C(O)c2cccc(O)c2)c1. The van der Waals surface area contributed by atoms with Crippen LogP contribution < -0.4 is 5.14 Å². The molecule has 0 saturated carbocycles. The van der Waals surface area contributed by atoms with Gasteiger partial charge in [0.1, 0.15) is 11.9 Å². The van der Waals surface area contributed by atoms with Crippen LogP contribution in [0.1, 0.15) is 16.5 Å². The molecule has 0 aliphatic heterocycles. The minimum Gasteiger partial charge on any atom is -0.508 e. The summed E-state index contributed by atoms with van der Waals surface area (Å²) in [4.78, 5) is 0.423. The van der Waals surface area contributed by atoms with Crippen molar-refractivity contribution in [2.24, 2.45) is 5.14 Å². The summed E-state index contributed by atoms with van der Waals surface area (Å²) >= 11 is 1.09. The van der Waals surface area contributed by atoms with Crippen LogP contribution in [0.25, 0.3) is 0 Å². The van der Waals surface area contributed by atoms with Crippen LogP contribution in [-0.4, -0.2) is 18.6 Å². The van der Waals surface area contributed by atoms with Crippen LogP contribution in [0.3, 0.4) is 0 Å². The molecule has 4 N–H and O–H groups in total. The quantitative estimate of drug-likeness (QED) is 0.788. The number of benzene rings is 1. The molecule has 0 amide bonds. The highest BCUT2D eigenvalue weighted by atomic mass is 32.2. The van der Waals surface area contributed by atoms with E-state index in [1.165, 1.54) is 23.6 Å². The molecule has 7 heteroatoms. The van der Waals surface area contributed by atoms with Crippen molar-refractivity contribution < 1.29 is 18.6 Å². The van der Waals surface area contributed by atoms with Gasteiger partial charge < -0.3 is 10.2 Å². The molecule has 1 aromatic carbocycles. The number of rotatable bonds is 3. The smallest absolute Gasteiger partial charge is 0.238 e. The molecule has 0 saturated heterocycles. The monoisotopic (exact) mass is 285 g/mol. The van der Waals surface area contributed by atoms with Gasteiger partial charge in [-0.3, -0.25) is 0 Å². The molecule has 0 fully saturated rings. The Kier molecular flexibility index (Phi) is 3.40. The van der Waals surface area contributed by atoms with Crippen molar-refractivity contribution in [3.05, 3.63) is 46.2 Å². The lowest BCUT2D eigenvalue weighted by atomic mass is 10.1. The number of aromatic hydroxyl groups is 1. The summed E-state index contributed by atoms with van der Waals surface area (Å²) in [5.74, 6) is 0.0368. The third kappa shape index (κ3) is 2.70. The summed E-state index contributed by atoms with van der Waals surface area (Å²) in [6, 6.07) is 7.47. The summed E-state index contributed by atoms with van der Waals surface area (Å²) < 4.78 is 22.2. The van der Waals surface area contributed by atoms with Crippen LogP contribution in [-0.2, 0) is 10.0 Å². The maximum Gasteiger partial charge on any atom is 0.238 e. The highest BCUT2D eigenvalue weighted by Crippen LogP contribution is 2.30. The van der Waals surface area contributed by atoms with E-state index in [4.69, 9.17) is 5.14 Å². The van der Waals surface area contributed by atoms with Gasteiger partial charge >= 0.3 is 0 Å². The summed E-state index contributed by atoms with van der Waals surface area (Å²) in [6.07, 6.45) is -0.988. The third-order valence-electron chi connectivity index (χ3n) is 2.38. The van der Waals surface area contributed by atoms with E-state index in [9.17, 15) is 18.6 Å². The van der Waals surface area contributed by atoms with Crippen molar-refractivity contribution in [1.29, 1.82) is 0 Å². The van der Waals surface area contributed by atoms with Crippen LogP contribution in [0.4, 0.5) is 0 Å². The minimum absolute atomic E-state index is 0.0262.